The Morgan fingerprint density at radius 2 is 1.70 bits per heavy atom. The molecule has 124 valence electrons. The van der Waals surface area contributed by atoms with Gasteiger partial charge in [-0.25, -0.2) is 9.59 Å². The molecule has 1 aromatic rings. The zero-order valence-electron chi connectivity index (χ0n) is 12.5. The van der Waals surface area contributed by atoms with Crippen molar-refractivity contribution in [1.29, 1.82) is 0 Å². The molecule has 0 saturated carbocycles. The summed E-state index contributed by atoms with van der Waals surface area (Å²) >= 11 is 0. The molecule has 0 bridgehead atoms. The summed E-state index contributed by atoms with van der Waals surface area (Å²) < 4.78 is 52.9. The lowest BCUT2D eigenvalue weighted by molar-refractivity contribution is -0.222. The van der Waals surface area contributed by atoms with Gasteiger partial charge in [-0.05, 0) is 23.8 Å². The molecule has 0 N–H and O–H groups in total. The molecule has 0 unspecified atom stereocenters. The van der Waals surface area contributed by atoms with Crippen molar-refractivity contribution in [2.75, 3.05) is 7.11 Å². The van der Waals surface area contributed by atoms with Crippen LogP contribution in [-0.4, -0.2) is 24.8 Å². The third-order valence-electron chi connectivity index (χ3n) is 2.96. The quantitative estimate of drug-likeness (QED) is 0.474. The van der Waals surface area contributed by atoms with E-state index in [1.165, 1.54) is 13.8 Å². The van der Waals surface area contributed by atoms with E-state index in [2.05, 4.69) is 0 Å². The van der Waals surface area contributed by atoms with Crippen LogP contribution in [0.1, 0.15) is 25.0 Å². The van der Waals surface area contributed by atoms with Gasteiger partial charge in [0.25, 0.3) is 5.79 Å². The van der Waals surface area contributed by atoms with Crippen LogP contribution in [0.3, 0.4) is 0 Å². The maximum atomic E-state index is 12.8. The lowest BCUT2D eigenvalue weighted by atomic mass is 10.1. The van der Waals surface area contributed by atoms with E-state index in [1.54, 1.807) is 0 Å². The van der Waals surface area contributed by atoms with Crippen molar-refractivity contribution in [2.45, 2.75) is 25.8 Å². The largest absolute Gasteiger partial charge is 0.496 e. The van der Waals surface area contributed by atoms with E-state index in [9.17, 15) is 22.8 Å². The number of cyclic esters (lactones) is 2. The third kappa shape index (κ3) is 3.64. The second-order valence-corrected chi connectivity index (χ2v) is 5.19. The molecule has 23 heavy (non-hydrogen) atoms. The van der Waals surface area contributed by atoms with Gasteiger partial charge in [0.2, 0.25) is 0 Å². The highest BCUT2D eigenvalue weighted by Gasteiger charge is 2.39. The Labute approximate surface area is 129 Å². The van der Waals surface area contributed by atoms with E-state index in [1.807, 2.05) is 0 Å². The van der Waals surface area contributed by atoms with E-state index in [0.29, 0.717) is 0 Å². The summed E-state index contributed by atoms with van der Waals surface area (Å²) in [6, 6.07) is 2.98. The Morgan fingerprint density at radius 1 is 1.13 bits per heavy atom. The number of ether oxygens (including phenoxy) is 3. The minimum absolute atomic E-state index is 0.165. The number of esters is 2. The van der Waals surface area contributed by atoms with Gasteiger partial charge in [0.1, 0.15) is 11.3 Å². The molecule has 0 aliphatic carbocycles. The Morgan fingerprint density at radius 3 is 2.17 bits per heavy atom. The van der Waals surface area contributed by atoms with E-state index in [-0.39, 0.29) is 5.56 Å². The lowest BCUT2D eigenvalue weighted by Crippen LogP contribution is -2.41. The number of carbonyl (C=O) groups excluding carboxylic acids is 2. The van der Waals surface area contributed by atoms with Crippen LogP contribution in [0.2, 0.25) is 0 Å². The molecule has 1 aliphatic heterocycles. The van der Waals surface area contributed by atoms with Crippen LogP contribution < -0.4 is 4.74 Å². The molecule has 1 heterocycles. The fourth-order valence-electron chi connectivity index (χ4n) is 1.98. The summed E-state index contributed by atoms with van der Waals surface area (Å²) in [5.74, 6) is -3.64. The first-order chi connectivity index (χ1) is 10.5. The van der Waals surface area contributed by atoms with Crippen LogP contribution in [0.4, 0.5) is 13.2 Å². The average Bonchev–Trinajstić information content (AvgIpc) is 2.40. The van der Waals surface area contributed by atoms with Crippen molar-refractivity contribution < 1.29 is 37.0 Å². The van der Waals surface area contributed by atoms with Gasteiger partial charge in [0, 0.05) is 13.8 Å². The van der Waals surface area contributed by atoms with Gasteiger partial charge < -0.3 is 14.2 Å². The normalized spacial score (nSPS) is 17.4. The number of benzene rings is 1. The standard InChI is InChI=1S/C15H13F3O5/c1-14(2)22-12(19)9(13(20)23-14)6-8-4-5-10(15(16,17)18)11(7-8)21-3/h4-7H,1-3H3. The van der Waals surface area contributed by atoms with Gasteiger partial charge in [-0.15, -0.1) is 0 Å². The Hall–Kier alpha value is -2.51. The smallest absolute Gasteiger partial charge is 0.419 e. The molecule has 1 aliphatic rings. The first-order valence-corrected chi connectivity index (χ1v) is 6.47. The summed E-state index contributed by atoms with van der Waals surface area (Å²) in [7, 11) is 1.09. The molecule has 1 fully saturated rings. The van der Waals surface area contributed by atoms with Gasteiger partial charge in [-0.1, -0.05) is 6.07 Å². The molecule has 0 radical (unpaired) electrons. The second kappa shape index (κ2) is 5.60. The second-order valence-electron chi connectivity index (χ2n) is 5.19. The van der Waals surface area contributed by atoms with Crippen LogP contribution in [0, 0.1) is 0 Å². The fraction of sp³-hybridized carbons (Fsp3) is 0.333. The Balaban J connectivity index is 2.40. The molecule has 0 amide bonds. The molecular weight excluding hydrogens is 317 g/mol. The van der Waals surface area contributed by atoms with Gasteiger partial charge in [-0.2, -0.15) is 13.2 Å². The van der Waals surface area contributed by atoms with Crippen molar-refractivity contribution in [3.8, 4) is 5.75 Å². The lowest BCUT2D eigenvalue weighted by Gasteiger charge is -2.29. The highest BCUT2D eigenvalue weighted by atomic mass is 19.4. The van der Waals surface area contributed by atoms with Crippen LogP contribution in [0.25, 0.3) is 6.08 Å². The molecule has 1 aromatic carbocycles. The number of carbonyl (C=O) groups is 2. The van der Waals surface area contributed by atoms with Crippen molar-refractivity contribution in [3.63, 3.8) is 0 Å². The predicted molar refractivity (Wildman–Crippen MR) is 72.2 cm³/mol. The predicted octanol–water partition coefficient (Wildman–Crippen LogP) is 2.93. The van der Waals surface area contributed by atoms with Crippen LogP contribution in [0.5, 0.6) is 5.75 Å². The maximum Gasteiger partial charge on any atom is 0.419 e. The van der Waals surface area contributed by atoms with Crippen molar-refractivity contribution in [3.05, 3.63) is 34.9 Å². The summed E-state index contributed by atoms with van der Waals surface area (Å²) in [6.07, 6.45) is -3.49. The monoisotopic (exact) mass is 330 g/mol. The topological polar surface area (TPSA) is 61.8 Å². The van der Waals surface area contributed by atoms with E-state index >= 15 is 0 Å². The molecule has 0 aromatic heterocycles. The highest BCUT2D eigenvalue weighted by Crippen LogP contribution is 2.37. The third-order valence-corrected chi connectivity index (χ3v) is 2.96. The minimum Gasteiger partial charge on any atom is -0.496 e. The zero-order chi connectivity index (χ0) is 17.4. The van der Waals surface area contributed by atoms with Crippen LogP contribution in [0.15, 0.2) is 23.8 Å². The molecule has 1 saturated heterocycles. The van der Waals surface area contributed by atoms with Crippen molar-refractivity contribution in [2.24, 2.45) is 0 Å². The molecule has 5 nitrogen and oxygen atoms in total. The summed E-state index contributed by atoms with van der Waals surface area (Å²) in [5.41, 5.74) is -1.21. The number of hydrogen-bond acceptors (Lipinski definition) is 5. The number of rotatable bonds is 2. The van der Waals surface area contributed by atoms with Crippen molar-refractivity contribution >= 4 is 18.0 Å². The summed E-state index contributed by atoms with van der Waals surface area (Å²) in [4.78, 5) is 23.6. The van der Waals surface area contributed by atoms with Gasteiger partial charge in [0.05, 0.1) is 12.7 Å². The number of alkyl halides is 3. The fourth-order valence-corrected chi connectivity index (χ4v) is 1.98. The Bertz CT molecular complexity index is 667. The molecule has 8 heteroatoms. The SMILES string of the molecule is COc1cc(C=C2C(=O)OC(C)(C)OC2=O)ccc1C(F)(F)F. The first-order valence-electron chi connectivity index (χ1n) is 6.47. The van der Waals surface area contributed by atoms with E-state index < -0.39 is 40.8 Å². The maximum absolute atomic E-state index is 12.8. The van der Waals surface area contributed by atoms with E-state index in [4.69, 9.17) is 14.2 Å². The van der Waals surface area contributed by atoms with Crippen LogP contribution in [-0.2, 0) is 25.2 Å². The highest BCUT2D eigenvalue weighted by molar-refractivity contribution is 6.18. The van der Waals surface area contributed by atoms with Crippen molar-refractivity contribution in [1.82, 2.24) is 0 Å². The average molecular weight is 330 g/mol. The van der Waals surface area contributed by atoms with Gasteiger partial charge >= 0.3 is 18.1 Å². The zero-order valence-corrected chi connectivity index (χ0v) is 12.5. The molecular formula is C15H13F3O5. The van der Waals surface area contributed by atoms with E-state index in [0.717, 1.165) is 31.4 Å². The van der Waals surface area contributed by atoms with Gasteiger partial charge in [0.15, 0.2) is 0 Å². The first kappa shape index (κ1) is 16.9. The minimum atomic E-state index is -4.58. The summed E-state index contributed by atoms with van der Waals surface area (Å²) in [6.45, 7) is 2.78. The molecule has 2 rings (SSSR count). The molecule has 0 spiro atoms. The number of hydrogen-bond donors (Lipinski definition) is 0. The summed E-state index contributed by atoms with van der Waals surface area (Å²) in [5, 5.41) is 0. The Kier molecular flexibility index (Phi) is 4.10. The number of halogens is 3. The molecule has 0 atom stereocenters. The number of methoxy groups -OCH3 is 1. The van der Waals surface area contributed by atoms with Crippen LogP contribution >= 0.6 is 0 Å². The van der Waals surface area contributed by atoms with Gasteiger partial charge in [-0.3, -0.25) is 0 Å².